The maximum absolute atomic E-state index is 2.29. The molecule has 0 radical (unpaired) electrons. The Balaban J connectivity index is -0.000000188. The van der Waals surface area contributed by atoms with Crippen molar-refractivity contribution in [3.63, 3.8) is 0 Å². The summed E-state index contributed by atoms with van der Waals surface area (Å²) in [5.74, 6) is 0. The first-order chi connectivity index (χ1) is 8.11. The summed E-state index contributed by atoms with van der Waals surface area (Å²) in [6, 6.07) is 0. The molecule has 0 N–H and O–H groups in total. The molecule has 0 unspecified atom stereocenters. The van der Waals surface area contributed by atoms with E-state index < -0.39 is 0 Å². The van der Waals surface area contributed by atoms with Crippen molar-refractivity contribution in [2.75, 3.05) is 37.0 Å². The molecular formula is C12H30CoI2P2. The number of rotatable bonds is 6. The van der Waals surface area contributed by atoms with Gasteiger partial charge in [-0.3, -0.25) is 0 Å². The first-order valence-electron chi connectivity index (χ1n) is 6.39. The summed E-state index contributed by atoms with van der Waals surface area (Å²) < 4.78 is 0. The van der Waals surface area contributed by atoms with Crippen molar-refractivity contribution in [2.24, 2.45) is 0 Å². The van der Waals surface area contributed by atoms with E-state index in [-0.39, 0.29) is 0 Å². The third kappa shape index (κ3) is 24.2. The molecule has 0 bridgehead atoms. The summed E-state index contributed by atoms with van der Waals surface area (Å²) in [7, 11) is 2.27. The van der Waals surface area contributed by atoms with Gasteiger partial charge in [-0.1, -0.05) is 41.5 Å². The van der Waals surface area contributed by atoms with E-state index in [0.717, 1.165) is 0 Å². The molecule has 0 aromatic rings. The first kappa shape index (κ1) is 24.8. The van der Waals surface area contributed by atoms with E-state index in [1.807, 2.05) is 0 Å². The van der Waals surface area contributed by atoms with Crippen LogP contribution in [-0.4, -0.2) is 37.0 Å². The Kier molecular flexibility index (Phi) is 34.9. The molecule has 0 aliphatic rings. The van der Waals surface area contributed by atoms with Crippen molar-refractivity contribution in [2.45, 2.75) is 41.5 Å². The molecule has 0 aliphatic heterocycles. The van der Waals surface area contributed by atoms with Gasteiger partial charge in [-0.25, -0.2) is 0 Å². The predicted octanol–water partition coefficient (Wildman–Crippen LogP) is 6.82. The van der Waals surface area contributed by atoms with E-state index in [0.29, 0.717) is 15.8 Å². The SMILES string of the molecule is CCP(CC)CC.CCP(CC)CC.[I][Co][I]. The minimum absolute atomic E-state index is 0.446. The molecule has 5 heteroatoms. The summed E-state index contributed by atoms with van der Waals surface area (Å²) in [5.41, 5.74) is 0. The number of halogens is 2. The fourth-order valence-electron chi connectivity index (χ4n) is 1.34. The molecule has 0 aromatic heterocycles. The van der Waals surface area contributed by atoms with Crippen LogP contribution in [0.5, 0.6) is 0 Å². The van der Waals surface area contributed by atoms with Gasteiger partial charge in [0.2, 0.25) is 0 Å². The van der Waals surface area contributed by atoms with Crippen molar-refractivity contribution < 1.29 is 8.26 Å². The van der Waals surface area contributed by atoms with E-state index in [9.17, 15) is 0 Å². The standard InChI is InChI=1S/2C6H15P.Co.2HI/c2*1-4-7(5-2)6-3;;;/h2*4-6H2,1-3H3;;2*1H/q;;+2;;/p-2. The summed E-state index contributed by atoms with van der Waals surface area (Å²) >= 11 is 4.49. The van der Waals surface area contributed by atoms with Gasteiger partial charge in [-0.05, 0) is 37.0 Å². The van der Waals surface area contributed by atoms with E-state index in [2.05, 4.69) is 82.4 Å². The van der Waals surface area contributed by atoms with Crippen LogP contribution in [0, 0.1) is 0 Å². The molecule has 0 saturated heterocycles. The zero-order chi connectivity index (χ0) is 14.1. The molecule has 0 aromatic carbocycles. The van der Waals surface area contributed by atoms with Crippen LogP contribution in [0.4, 0.5) is 0 Å². The molecular weight excluding hydrogens is 519 g/mol. The van der Waals surface area contributed by atoms with Gasteiger partial charge in [-0.15, -0.1) is 15.8 Å². The van der Waals surface area contributed by atoms with Gasteiger partial charge >= 0.3 is 49.1 Å². The second-order valence-corrected chi connectivity index (χ2v) is 18.6. The monoisotopic (exact) mass is 549 g/mol. The molecule has 0 fully saturated rings. The fraction of sp³-hybridized carbons (Fsp3) is 1.00. The zero-order valence-electron chi connectivity index (χ0n) is 12.2. The molecule has 0 saturated carbocycles. The predicted molar refractivity (Wildman–Crippen MR) is 105 cm³/mol. The van der Waals surface area contributed by atoms with Crippen LogP contribution in [0.15, 0.2) is 0 Å². The molecule has 0 atom stereocenters. The maximum atomic E-state index is 2.29. The third-order valence-electron chi connectivity index (χ3n) is 2.68. The summed E-state index contributed by atoms with van der Waals surface area (Å²) in [5, 5.41) is 0. The molecule has 111 valence electrons. The number of hydrogen-bond acceptors (Lipinski definition) is 0. The Bertz CT molecular complexity index is 87.7. The molecule has 0 aliphatic carbocycles. The van der Waals surface area contributed by atoms with Crippen LogP contribution in [0.25, 0.3) is 0 Å². The second kappa shape index (κ2) is 23.9. The Morgan fingerprint density at radius 1 is 0.588 bits per heavy atom. The zero-order valence-corrected chi connectivity index (χ0v) is 19.4. The number of hydrogen-bond donors (Lipinski definition) is 0. The van der Waals surface area contributed by atoms with Crippen LogP contribution in [-0.2, 0) is 8.26 Å². The third-order valence-corrected chi connectivity index (χ3v) is 8.05. The van der Waals surface area contributed by atoms with Crippen molar-refractivity contribution in [3.8, 4) is 0 Å². The molecule has 0 rings (SSSR count). The van der Waals surface area contributed by atoms with Gasteiger partial charge in [-0.2, -0.15) is 0 Å². The van der Waals surface area contributed by atoms with E-state index >= 15 is 0 Å². The molecule has 17 heavy (non-hydrogen) atoms. The molecule has 0 amide bonds. The average molecular weight is 549 g/mol. The van der Waals surface area contributed by atoms with Crippen molar-refractivity contribution in [1.29, 1.82) is 0 Å². The van der Waals surface area contributed by atoms with Crippen molar-refractivity contribution in [3.05, 3.63) is 0 Å². The van der Waals surface area contributed by atoms with Crippen LogP contribution in [0.2, 0.25) is 0 Å². The Hall–Kier alpha value is 2.83. The Morgan fingerprint density at radius 2 is 0.706 bits per heavy atom. The second-order valence-electron chi connectivity index (χ2n) is 3.29. The summed E-state index contributed by atoms with van der Waals surface area (Å²) in [6.45, 7) is 13.7. The normalized spacial score (nSPS) is 9.76. The van der Waals surface area contributed by atoms with Crippen molar-refractivity contribution in [1.82, 2.24) is 0 Å². The summed E-state index contributed by atoms with van der Waals surface area (Å²) in [4.78, 5) is 0. The first-order valence-corrected chi connectivity index (χ1v) is 16.9. The van der Waals surface area contributed by atoms with Gasteiger partial charge in [0.15, 0.2) is 0 Å². The summed E-state index contributed by atoms with van der Waals surface area (Å²) in [6.07, 6.45) is 8.51. The fourth-order valence-corrected chi connectivity index (χ4v) is 4.02. The van der Waals surface area contributed by atoms with E-state index in [1.165, 1.54) is 45.2 Å². The van der Waals surface area contributed by atoms with Crippen molar-refractivity contribution >= 4 is 56.7 Å². The van der Waals surface area contributed by atoms with E-state index in [4.69, 9.17) is 0 Å². The quantitative estimate of drug-likeness (QED) is 0.252. The molecule has 0 heterocycles. The van der Waals surface area contributed by atoms with Crippen LogP contribution in [0.3, 0.4) is 0 Å². The average Bonchev–Trinajstić information content (AvgIpc) is 2.35. The van der Waals surface area contributed by atoms with Crippen LogP contribution in [0.1, 0.15) is 41.5 Å². The van der Waals surface area contributed by atoms with Crippen LogP contribution < -0.4 is 0 Å². The Morgan fingerprint density at radius 3 is 0.706 bits per heavy atom. The van der Waals surface area contributed by atoms with E-state index in [1.54, 1.807) is 0 Å². The minimum atomic E-state index is 0.446. The van der Waals surface area contributed by atoms with Gasteiger partial charge in [0.25, 0.3) is 0 Å². The molecule has 0 spiro atoms. The van der Waals surface area contributed by atoms with Gasteiger partial charge < -0.3 is 0 Å². The van der Waals surface area contributed by atoms with Gasteiger partial charge in [0.05, 0.1) is 0 Å². The van der Waals surface area contributed by atoms with Gasteiger partial charge in [0, 0.05) is 0 Å². The Labute approximate surface area is 142 Å². The van der Waals surface area contributed by atoms with Crippen LogP contribution >= 0.6 is 56.7 Å². The van der Waals surface area contributed by atoms with Gasteiger partial charge in [0.1, 0.15) is 0 Å². The topological polar surface area (TPSA) is 0 Å². The molecule has 0 nitrogen and oxygen atoms in total.